The van der Waals surface area contributed by atoms with Crippen molar-refractivity contribution in [2.75, 3.05) is 0 Å². The number of carbonyl (C=O) groups is 1. The molecule has 1 nitrogen and oxygen atoms in total. The van der Waals surface area contributed by atoms with Crippen molar-refractivity contribution in [2.24, 2.45) is 0 Å². The third-order valence-corrected chi connectivity index (χ3v) is 2.36. The summed E-state index contributed by atoms with van der Waals surface area (Å²) in [4.78, 5) is 10.9. The van der Waals surface area contributed by atoms with Gasteiger partial charge in [-0.15, -0.1) is 0 Å². The topological polar surface area (TPSA) is 17.1 Å². The van der Waals surface area contributed by atoms with Crippen LogP contribution in [0.5, 0.6) is 0 Å². The van der Waals surface area contributed by atoms with Crippen molar-refractivity contribution in [1.82, 2.24) is 0 Å². The summed E-state index contributed by atoms with van der Waals surface area (Å²) in [6.45, 7) is 13.1. The zero-order valence-corrected chi connectivity index (χ0v) is 11.1. The van der Waals surface area contributed by atoms with Gasteiger partial charge in [-0.1, -0.05) is 57.4 Å². The smallest absolute Gasteiger partial charge is 0.130 e. The lowest BCUT2D eigenvalue weighted by Crippen LogP contribution is -1.94. The fourth-order valence-corrected chi connectivity index (χ4v) is 1.46. The van der Waals surface area contributed by atoms with Crippen LogP contribution >= 0.6 is 0 Å². The first-order valence-corrected chi connectivity index (χ1v) is 6.04. The molecule has 0 fully saturated rings. The van der Waals surface area contributed by atoms with Gasteiger partial charge in [-0.25, -0.2) is 0 Å². The Bertz CT molecular complexity index is 389. The zero-order chi connectivity index (χ0) is 13.3. The van der Waals surface area contributed by atoms with E-state index in [0.29, 0.717) is 6.42 Å². The Morgan fingerprint density at radius 3 is 2.24 bits per heavy atom. The molecule has 1 heteroatoms. The normalized spacial score (nSPS) is 8.88. The third-order valence-electron chi connectivity index (χ3n) is 2.36. The van der Waals surface area contributed by atoms with Crippen molar-refractivity contribution in [1.29, 1.82) is 0 Å². The van der Waals surface area contributed by atoms with Crippen LogP contribution in [0.15, 0.2) is 31.4 Å². The lowest BCUT2D eigenvalue weighted by Gasteiger charge is -2.04. The van der Waals surface area contributed by atoms with Crippen LogP contribution in [0, 0.1) is 0 Å². The lowest BCUT2D eigenvalue weighted by molar-refractivity contribution is -0.116. The van der Waals surface area contributed by atoms with Crippen molar-refractivity contribution in [2.45, 2.75) is 33.6 Å². The molecule has 0 N–H and O–H groups in total. The quantitative estimate of drug-likeness (QED) is 0.726. The molecule has 1 rings (SSSR count). The molecular weight excluding hydrogens is 208 g/mol. The minimum Gasteiger partial charge on any atom is -0.300 e. The molecule has 1 aromatic carbocycles. The van der Waals surface area contributed by atoms with Gasteiger partial charge in [0.15, 0.2) is 0 Å². The van der Waals surface area contributed by atoms with Gasteiger partial charge >= 0.3 is 0 Å². The van der Waals surface area contributed by atoms with Gasteiger partial charge in [-0.05, 0) is 30.0 Å². The van der Waals surface area contributed by atoms with E-state index in [2.05, 4.69) is 19.2 Å². The average Bonchev–Trinajstić information content (AvgIpc) is 2.38. The van der Waals surface area contributed by atoms with Crippen LogP contribution in [0.1, 0.15) is 43.9 Å². The van der Waals surface area contributed by atoms with Crippen LogP contribution in [-0.2, 0) is 11.2 Å². The first-order chi connectivity index (χ1) is 8.17. The number of ketones is 1. The largest absolute Gasteiger partial charge is 0.300 e. The first-order valence-electron chi connectivity index (χ1n) is 6.04. The van der Waals surface area contributed by atoms with Gasteiger partial charge in [-0.2, -0.15) is 0 Å². The second-order valence-corrected chi connectivity index (χ2v) is 3.57. The highest BCUT2D eigenvalue weighted by Crippen LogP contribution is 2.15. The summed E-state index contributed by atoms with van der Waals surface area (Å²) in [6, 6.07) is 6.11. The Hall–Kier alpha value is -1.63. The van der Waals surface area contributed by atoms with Gasteiger partial charge in [-0.3, -0.25) is 0 Å². The number of rotatable bonds is 5. The number of hydrogen-bond acceptors (Lipinski definition) is 1. The molecule has 1 aromatic rings. The Morgan fingerprint density at radius 1 is 1.18 bits per heavy atom. The molecule has 0 bridgehead atoms. The fourth-order valence-electron chi connectivity index (χ4n) is 1.46. The molecular formula is C16H22O. The first kappa shape index (κ1) is 15.4. The fraction of sp³-hybridized carbons (Fsp3) is 0.312. The minimum absolute atomic E-state index is 0.225. The summed E-state index contributed by atoms with van der Waals surface area (Å²) in [5.74, 6) is 0.225. The monoisotopic (exact) mass is 230 g/mol. The Morgan fingerprint density at radius 2 is 1.76 bits per heavy atom. The highest BCUT2D eigenvalue weighted by atomic mass is 16.1. The summed E-state index contributed by atoms with van der Waals surface area (Å²) < 4.78 is 0. The average molecular weight is 230 g/mol. The van der Waals surface area contributed by atoms with Crippen LogP contribution in [0.2, 0.25) is 0 Å². The van der Waals surface area contributed by atoms with Gasteiger partial charge in [0.2, 0.25) is 0 Å². The molecule has 0 saturated heterocycles. The maximum Gasteiger partial charge on any atom is 0.130 e. The van der Waals surface area contributed by atoms with E-state index in [-0.39, 0.29) is 5.78 Å². The van der Waals surface area contributed by atoms with E-state index >= 15 is 0 Å². The molecule has 92 valence electrons. The third kappa shape index (κ3) is 5.30. The van der Waals surface area contributed by atoms with Crippen LogP contribution < -0.4 is 0 Å². The molecule has 0 heterocycles. The number of benzene rings is 1. The van der Waals surface area contributed by atoms with Crippen molar-refractivity contribution in [3.63, 3.8) is 0 Å². The highest BCUT2D eigenvalue weighted by Gasteiger charge is 2.00. The van der Waals surface area contributed by atoms with Crippen LogP contribution in [0.25, 0.3) is 12.2 Å². The molecule has 0 aliphatic rings. The zero-order valence-electron chi connectivity index (χ0n) is 11.1. The Balaban J connectivity index is 0.00000121. The molecule has 17 heavy (non-hydrogen) atoms. The second kappa shape index (κ2) is 8.51. The van der Waals surface area contributed by atoms with E-state index in [1.165, 1.54) is 5.56 Å². The van der Waals surface area contributed by atoms with Gasteiger partial charge < -0.3 is 4.79 Å². The molecule has 0 aromatic heterocycles. The van der Waals surface area contributed by atoms with E-state index in [1.807, 2.05) is 38.1 Å². The maximum absolute atomic E-state index is 10.9. The number of hydrogen-bond donors (Lipinski definition) is 0. The van der Waals surface area contributed by atoms with E-state index in [9.17, 15) is 4.79 Å². The standard InChI is InChI=1S/C14H16O.C2H6/c1-4-13-9-8-12(7-6-11(3)15)10-14(13)5-2;1-2/h4-5,8-10H,1-2,6-7H2,3H3;1-2H3. The second-order valence-electron chi connectivity index (χ2n) is 3.57. The van der Waals surface area contributed by atoms with E-state index in [4.69, 9.17) is 0 Å². The van der Waals surface area contributed by atoms with Crippen molar-refractivity contribution >= 4 is 17.9 Å². The van der Waals surface area contributed by atoms with Gasteiger partial charge in [0.1, 0.15) is 5.78 Å². The van der Waals surface area contributed by atoms with Crippen LogP contribution in [0.3, 0.4) is 0 Å². The highest BCUT2D eigenvalue weighted by molar-refractivity contribution is 5.75. The predicted molar refractivity (Wildman–Crippen MR) is 77.0 cm³/mol. The van der Waals surface area contributed by atoms with Crippen LogP contribution in [0.4, 0.5) is 0 Å². The van der Waals surface area contributed by atoms with E-state index in [1.54, 1.807) is 6.92 Å². The number of Topliss-reactive ketones (excluding diaryl/α,β-unsaturated/α-hetero) is 1. The Kier molecular flexibility index (Phi) is 7.70. The summed E-state index contributed by atoms with van der Waals surface area (Å²) in [7, 11) is 0. The minimum atomic E-state index is 0.225. The van der Waals surface area contributed by atoms with Crippen molar-refractivity contribution in [3.05, 3.63) is 48.0 Å². The van der Waals surface area contributed by atoms with Gasteiger partial charge in [0, 0.05) is 6.42 Å². The molecule has 0 amide bonds. The summed E-state index contributed by atoms with van der Waals surface area (Å²) in [5.41, 5.74) is 3.33. The number of aryl methyl sites for hydroxylation is 1. The molecule has 0 aliphatic carbocycles. The molecule has 0 radical (unpaired) electrons. The van der Waals surface area contributed by atoms with Gasteiger partial charge in [0.05, 0.1) is 0 Å². The van der Waals surface area contributed by atoms with Crippen molar-refractivity contribution < 1.29 is 4.79 Å². The summed E-state index contributed by atoms with van der Waals surface area (Å²) >= 11 is 0. The van der Waals surface area contributed by atoms with E-state index < -0.39 is 0 Å². The number of carbonyl (C=O) groups excluding carboxylic acids is 1. The van der Waals surface area contributed by atoms with Gasteiger partial charge in [0.25, 0.3) is 0 Å². The predicted octanol–water partition coefficient (Wildman–Crippen LogP) is 4.52. The maximum atomic E-state index is 10.9. The molecule has 0 aliphatic heterocycles. The molecule has 0 spiro atoms. The molecule has 0 unspecified atom stereocenters. The molecule has 0 saturated carbocycles. The summed E-state index contributed by atoms with van der Waals surface area (Å²) in [6.07, 6.45) is 5.03. The van der Waals surface area contributed by atoms with Crippen LogP contribution in [-0.4, -0.2) is 5.78 Å². The lowest BCUT2D eigenvalue weighted by atomic mass is 10.0. The Labute approximate surface area is 105 Å². The van der Waals surface area contributed by atoms with Crippen molar-refractivity contribution in [3.8, 4) is 0 Å². The van der Waals surface area contributed by atoms with E-state index in [0.717, 1.165) is 17.5 Å². The summed E-state index contributed by atoms with van der Waals surface area (Å²) in [5, 5.41) is 0. The molecule has 0 atom stereocenters. The SMILES string of the molecule is C=Cc1ccc(CCC(C)=O)cc1C=C.CC.